The third kappa shape index (κ3) is 2.76. The van der Waals surface area contributed by atoms with E-state index in [1.54, 1.807) is 23.1 Å². The number of rotatable bonds is 3. The summed E-state index contributed by atoms with van der Waals surface area (Å²) in [7, 11) is 0. The van der Waals surface area contributed by atoms with Crippen LogP contribution in [0.4, 0.5) is 10.5 Å². The summed E-state index contributed by atoms with van der Waals surface area (Å²) in [4.78, 5) is 24.6. The molecule has 1 aliphatic heterocycles. The lowest BCUT2D eigenvalue weighted by Gasteiger charge is -2.29. The molecule has 2 rings (SSSR count). The van der Waals surface area contributed by atoms with Crippen LogP contribution in [0.15, 0.2) is 30.9 Å². The lowest BCUT2D eigenvalue weighted by molar-refractivity contribution is 0.0696. The molecule has 0 spiro atoms. The largest absolute Gasteiger partial charge is 0.478 e. The summed E-state index contributed by atoms with van der Waals surface area (Å²) in [5, 5.41) is 11.7. The molecule has 0 aliphatic carbocycles. The molecule has 0 unspecified atom stereocenters. The normalized spacial score (nSPS) is 13.6. The lowest BCUT2D eigenvalue weighted by Crippen LogP contribution is -2.42. The van der Waals surface area contributed by atoms with Gasteiger partial charge in [0.25, 0.3) is 0 Å². The Labute approximate surface area is 111 Å². The number of hydrogen-bond acceptors (Lipinski definition) is 2. The van der Waals surface area contributed by atoms with Gasteiger partial charge in [-0.2, -0.15) is 0 Å². The zero-order valence-electron chi connectivity index (χ0n) is 10.6. The van der Waals surface area contributed by atoms with Gasteiger partial charge in [-0.3, -0.25) is 4.90 Å². The van der Waals surface area contributed by atoms with Crippen molar-refractivity contribution in [2.75, 3.05) is 18.0 Å². The van der Waals surface area contributed by atoms with Crippen molar-refractivity contribution < 1.29 is 14.7 Å². The van der Waals surface area contributed by atoms with Crippen molar-refractivity contribution in [2.45, 2.75) is 12.8 Å². The molecule has 2 N–H and O–H groups in total. The molecule has 2 amide bonds. The zero-order valence-corrected chi connectivity index (χ0v) is 10.6. The highest BCUT2D eigenvalue weighted by Gasteiger charge is 2.22. The van der Waals surface area contributed by atoms with E-state index in [1.165, 1.54) is 6.07 Å². The van der Waals surface area contributed by atoms with Crippen molar-refractivity contribution in [3.8, 4) is 0 Å². The van der Waals surface area contributed by atoms with Gasteiger partial charge in [0, 0.05) is 18.8 Å². The molecule has 0 fully saturated rings. The van der Waals surface area contributed by atoms with Crippen molar-refractivity contribution in [2.24, 2.45) is 0 Å². The van der Waals surface area contributed by atoms with Crippen LogP contribution in [-0.4, -0.2) is 30.2 Å². The maximum atomic E-state index is 12.0. The van der Waals surface area contributed by atoms with E-state index in [-0.39, 0.29) is 11.6 Å². The number of anilines is 1. The van der Waals surface area contributed by atoms with Crippen LogP contribution in [0.25, 0.3) is 0 Å². The highest BCUT2D eigenvalue weighted by molar-refractivity contribution is 5.95. The summed E-state index contributed by atoms with van der Waals surface area (Å²) in [5.41, 5.74) is 1.95. The average Bonchev–Trinajstić information content (AvgIpc) is 2.43. The van der Waals surface area contributed by atoms with Gasteiger partial charge in [0.15, 0.2) is 0 Å². The summed E-state index contributed by atoms with van der Waals surface area (Å²) in [6.45, 7) is 4.61. The first-order valence-electron chi connectivity index (χ1n) is 6.16. The number of fused-ring (bicyclic) bond motifs is 1. The monoisotopic (exact) mass is 260 g/mol. The predicted molar refractivity (Wildman–Crippen MR) is 72.7 cm³/mol. The number of aryl methyl sites for hydroxylation is 1. The predicted octanol–water partition coefficient (Wildman–Crippen LogP) is 2.03. The van der Waals surface area contributed by atoms with E-state index in [9.17, 15) is 9.59 Å². The third-order valence-electron chi connectivity index (χ3n) is 3.09. The smallest absolute Gasteiger partial charge is 0.335 e. The van der Waals surface area contributed by atoms with E-state index in [1.807, 2.05) is 0 Å². The second kappa shape index (κ2) is 5.56. The molecule has 5 nitrogen and oxygen atoms in total. The molecule has 1 aromatic carbocycles. The highest BCUT2D eigenvalue weighted by Crippen LogP contribution is 2.28. The first-order valence-corrected chi connectivity index (χ1v) is 6.16. The van der Waals surface area contributed by atoms with Gasteiger partial charge in [-0.1, -0.05) is 6.08 Å². The standard InChI is InChI=1S/C14H16N2O3/c1-2-7-15-14(19)16-8-3-4-10-9-11(13(17)18)5-6-12(10)16/h2,5-6,9H,1,3-4,7-8H2,(H,15,19)(H,17,18). The molecule has 0 atom stereocenters. The maximum Gasteiger partial charge on any atom is 0.335 e. The Kier molecular flexibility index (Phi) is 3.85. The fraction of sp³-hybridized carbons (Fsp3) is 0.286. The number of amides is 2. The zero-order chi connectivity index (χ0) is 13.8. The van der Waals surface area contributed by atoms with Crippen LogP contribution in [0.1, 0.15) is 22.3 Å². The minimum atomic E-state index is -0.948. The number of aromatic carboxylic acids is 1. The minimum Gasteiger partial charge on any atom is -0.478 e. The van der Waals surface area contributed by atoms with Crippen LogP contribution in [0.2, 0.25) is 0 Å². The second-order valence-electron chi connectivity index (χ2n) is 4.38. The quantitative estimate of drug-likeness (QED) is 0.817. The van der Waals surface area contributed by atoms with Crippen LogP contribution in [0.3, 0.4) is 0 Å². The van der Waals surface area contributed by atoms with Crippen LogP contribution in [-0.2, 0) is 6.42 Å². The molecule has 19 heavy (non-hydrogen) atoms. The summed E-state index contributed by atoms with van der Waals surface area (Å²) in [6, 6.07) is 4.69. The summed E-state index contributed by atoms with van der Waals surface area (Å²) in [6.07, 6.45) is 3.25. The van der Waals surface area contributed by atoms with Crippen molar-refractivity contribution in [1.82, 2.24) is 5.32 Å². The van der Waals surface area contributed by atoms with E-state index in [0.717, 1.165) is 24.1 Å². The second-order valence-corrected chi connectivity index (χ2v) is 4.38. The minimum absolute atomic E-state index is 0.177. The van der Waals surface area contributed by atoms with Crippen molar-refractivity contribution in [3.63, 3.8) is 0 Å². The maximum absolute atomic E-state index is 12.0. The first-order chi connectivity index (χ1) is 9.13. The number of urea groups is 1. The number of nitrogens with one attached hydrogen (secondary N) is 1. The first kappa shape index (κ1) is 13.1. The van der Waals surface area contributed by atoms with Gasteiger partial charge in [0.1, 0.15) is 0 Å². The van der Waals surface area contributed by atoms with Crippen LogP contribution >= 0.6 is 0 Å². The molecule has 1 heterocycles. The van der Waals surface area contributed by atoms with Crippen LogP contribution in [0, 0.1) is 0 Å². The number of carbonyl (C=O) groups excluding carboxylic acids is 1. The van der Waals surface area contributed by atoms with Crippen molar-refractivity contribution in [1.29, 1.82) is 0 Å². The Balaban J connectivity index is 2.26. The molecule has 0 saturated carbocycles. The molecular weight excluding hydrogens is 244 g/mol. The number of carboxylic acid groups (broad SMARTS) is 1. The van der Waals surface area contributed by atoms with Crippen LogP contribution in [0.5, 0.6) is 0 Å². The number of carboxylic acids is 1. The molecule has 5 heteroatoms. The number of nitrogens with zero attached hydrogens (tertiary/aromatic N) is 1. The number of benzene rings is 1. The summed E-state index contributed by atoms with van der Waals surface area (Å²) >= 11 is 0. The SMILES string of the molecule is C=CCNC(=O)N1CCCc2cc(C(=O)O)ccc21. The summed E-state index contributed by atoms with van der Waals surface area (Å²) in [5.74, 6) is -0.948. The number of carbonyl (C=O) groups is 2. The Morgan fingerprint density at radius 3 is 2.95 bits per heavy atom. The topological polar surface area (TPSA) is 69.6 Å². The molecular formula is C14H16N2O3. The molecule has 100 valence electrons. The molecule has 0 aromatic heterocycles. The van der Waals surface area contributed by atoms with Gasteiger partial charge < -0.3 is 10.4 Å². The Hall–Kier alpha value is -2.30. The Morgan fingerprint density at radius 2 is 2.26 bits per heavy atom. The fourth-order valence-electron chi connectivity index (χ4n) is 2.20. The van der Waals surface area contributed by atoms with Gasteiger partial charge >= 0.3 is 12.0 Å². The van der Waals surface area contributed by atoms with Gasteiger partial charge in [-0.15, -0.1) is 6.58 Å². The van der Waals surface area contributed by atoms with Gasteiger partial charge in [-0.05, 0) is 36.6 Å². The lowest BCUT2D eigenvalue weighted by atomic mass is 9.99. The van der Waals surface area contributed by atoms with E-state index in [4.69, 9.17) is 5.11 Å². The van der Waals surface area contributed by atoms with E-state index in [2.05, 4.69) is 11.9 Å². The van der Waals surface area contributed by atoms with E-state index >= 15 is 0 Å². The molecule has 0 saturated heterocycles. The van der Waals surface area contributed by atoms with Crippen molar-refractivity contribution >= 4 is 17.7 Å². The van der Waals surface area contributed by atoms with E-state index < -0.39 is 5.97 Å². The van der Waals surface area contributed by atoms with Gasteiger partial charge in [0.2, 0.25) is 0 Å². The van der Waals surface area contributed by atoms with Crippen LogP contribution < -0.4 is 10.2 Å². The molecule has 0 radical (unpaired) electrons. The average molecular weight is 260 g/mol. The van der Waals surface area contributed by atoms with Gasteiger partial charge in [0.05, 0.1) is 5.56 Å². The Morgan fingerprint density at radius 1 is 1.47 bits per heavy atom. The van der Waals surface area contributed by atoms with Gasteiger partial charge in [-0.25, -0.2) is 9.59 Å². The third-order valence-corrected chi connectivity index (χ3v) is 3.09. The highest BCUT2D eigenvalue weighted by atomic mass is 16.4. The Bertz CT molecular complexity index is 525. The molecule has 1 aliphatic rings. The molecule has 1 aromatic rings. The fourth-order valence-corrected chi connectivity index (χ4v) is 2.20. The molecule has 0 bridgehead atoms. The van der Waals surface area contributed by atoms with E-state index in [0.29, 0.717) is 13.1 Å². The summed E-state index contributed by atoms with van der Waals surface area (Å²) < 4.78 is 0. The number of hydrogen-bond donors (Lipinski definition) is 2. The van der Waals surface area contributed by atoms with Crippen molar-refractivity contribution in [3.05, 3.63) is 42.0 Å².